The number of amides is 1. The lowest BCUT2D eigenvalue weighted by molar-refractivity contribution is -0.163. The molecule has 1 rings (SSSR count). The van der Waals surface area contributed by atoms with E-state index in [2.05, 4.69) is 0 Å². The molecule has 1 aliphatic rings. The molecule has 0 aromatic rings. The van der Waals surface area contributed by atoms with E-state index in [0.29, 0.717) is 6.54 Å². The zero-order valence-corrected chi connectivity index (χ0v) is 9.91. The third kappa shape index (κ3) is 2.23. The number of hydrogen-bond donors (Lipinski definition) is 0. The van der Waals surface area contributed by atoms with Crippen LogP contribution in [0, 0.1) is 5.41 Å². The lowest BCUT2D eigenvalue weighted by Gasteiger charge is -2.36. The first-order valence-corrected chi connectivity index (χ1v) is 5.38. The highest BCUT2D eigenvalue weighted by Crippen LogP contribution is 2.27. The molecule has 16 heavy (non-hydrogen) atoms. The average Bonchev–Trinajstić information content (AvgIpc) is 2.22. The van der Waals surface area contributed by atoms with E-state index >= 15 is 0 Å². The first kappa shape index (κ1) is 12.7. The van der Waals surface area contributed by atoms with Gasteiger partial charge in [-0.15, -0.1) is 0 Å². The summed E-state index contributed by atoms with van der Waals surface area (Å²) in [5, 5.41) is 0. The van der Waals surface area contributed by atoms with E-state index in [1.165, 1.54) is 11.8 Å². The van der Waals surface area contributed by atoms with Crippen molar-refractivity contribution in [2.24, 2.45) is 5.41 Å². The molecule has 0 N–H and O–H groups in total. The Morgan fingerprint density at radius 2 is 2.12 bits per heavy atom. The number of ketones is 1. The summed E-state index contributed by atoms with van der Waals surface area (Å²) in [4.78, 5) is 36.2. The Morgan fingerprint density at radius 1 is 1.50 bits per heavy atom. The second-order valence-electron chi connectivity index (χ2n) is 4.17. The minimum atomic E-state index is -1.19. The minimum Gasteiger partial charge on any atom is -0.465 e. The quantitative estimate of drug-likeness (QED) is 0.505. The number of piperidine rings is 1. The van der Waals surface area contributed by atoms with Crippen molar-refractivity contribution in [1.82, 2.24) is 4.90 Å². The third-order valence-corrected chi connectivity index (χ3v) is 2.90. The van der Waals surface area contributed by atoms with Crippen LogP contribution >= 0.6 is 0 Å². The van der Waals surface area contributed by atoms with Gasteiger partial charge in [-0.25, -0.2) is 0 Å². The van der Waals surface area contributed by atoms with Crippen molar-refractivity contribution in [3.8, 4) is 0 Å². The van der Waals surface area contributed by atoms with Crippen molar-refractivity contribution in [3.63, 3.8) is 0 Å². The summed E-state index contributed by atoms with van der Waals surface area (Å²) in [5.41, 5.74) is -1.19. The Morgan fingerprint density at radius 3 is 2.62 bits per heavy atom. The molecule has 1 fully saturated rings. The fraction of sp³-hybridized carbons (Fsp3) is 0.727. The molecule has 1 heterocycles. The molecule has 0 radical (unpaired) electrons. The van der Waals surface area contributed by atoms with Gasteiger partial charge in [0.25, 0.3) is 0 Å². The molecule has 1 atom stereocenters. The number of Topliss-reactive ketones (excluding diaryl/α,β-unsaturated/α-hetero) is 1. The number of rotatable bonds is 2. The van der Waals surface area contributed by atoms with Crippen LogP contribution in [-0.2, 0) is 19.1 Å². The third-order valence-electron chi connectivity index (χ3n) is 2.90. The van der Waals surface area contributed by atoms with Crippen LogP contribution in [0.5, 0.6) is 0 Å². The standard InChI is InChI=1S/C11H17NO4/c1-4-16-10(15)11(3)7-12(8(2)13)6-5-9(11)14/h4-7H2,1-3H3. The van der Waals surface area contributed by atoms with Gasteiger partial charge in [0, 0.05) is 26.4 Å². The molecule has 0 aromatic heterocycles. The molecule has 0 spiro atoms. The van der Waals surface area contributed by atoms with Gasteiger partial charge in [-0.2, -0.15) is 0 Å². The highest BCUT2D eigenvalue weighted by atomic mass is 16.5. The van der Waals surface area contributed by atoms with Gasteiger partial charge >= 0.3 is 5.97 Å². The number of esters is 1. The van der Waals surface area contributed by atoms with Crippen LogP contribution < -0.4 is 0 Å². The van der Waals surface area contributed by atoms with Gasteiger partial charge in [0.05, 0.1) is 6.61 Å². The van der Waals surface area contributed by atoms with E-state index in [0.717, 1.165) is 0 Å². The van der Waals surface area contributed by atoms with Crippen LogP contribution in [0.3, 0.4) is 0 Å². The molecule has 90 valence electrons. The van der Waals surface area contributed by atoms with E-state index in [-0.39, 0.29) is 31.3 Å². The summed E-state index contributed by atoms with van der Waals surface area (Å²) in [6, 6.07) is 0. The van der Waals surface area contributed by atoms with Crippen LogP contribution in [0.15, 0.2) is 0 Å². The number of carbonyl (C=O) groups is 3. The van der Waals surface area contributed by atoms with Crippen molar-refractivity contribution in [1.29, 1.82) is 0 Å². The minimum absolute atomic E-state index is 0.122. The normalized spacial score (nSPS) is 25.4. The van der Waals surface area contributed by atoms with Crippen molar-refractivity contribution in [2.75, 3.05) is 19.7 Å². The number of likely N-dealkylation sites (tertiary alicyclic amines) is 1. The van der Waals surface area contributed by atoms with E-state index in [4.69, 9.17) is 4.74 Å². The van der Waals surface area contributed by atoms with Gasteiger partial charge in [-0.3, -0.25) is 14.4 Å². The van der Waals surface area contributed by atoms with Crippen LogP contribution in [0.4, 0.5) is 0 Å². The largest absolute Gasteiger partial charge is 0.465 e. The fourth-order valence-electron chi connectivity index (χ4n) is 1.80. The van der Waals surface area contributed by atoms with Gasteiger partial charge in [0.2, 0.25) is 5.91 Å². The summed E-state index contributed by atoms with van der Waals surface area (Å²) in [5.74, 6) is -0.808. The second-order valence-corrected chi connectivity index (χ2v) is 4.17. The van der Waals surface area contributed by atoms with E-state index in [1.54, 1.807) is 13.8 Å². The highest BCUT2D eigenvalue weighted by molar-refractivity contribution is 6.04. The zero-order chi connectivity index (χ0) is 12.3. The Labute approximate surface area is 94.7 Å². The average molecular weight is 227 g/mol. The first-order chi connectivity index (χ1) is 7.41. The fourth-order valence-corrected chi connectivity index (χ4v) is 1.80. The summed E-state index contributed by atoms with van der Waals surface area (Å²) < 4.78 is 4.89. The summed E-state index contributed by atoms with van der Waals surface area (Å²) in [6.45, 7) is 5.42. The summed E-state index contributed by atoms with van der Waals surface area (Å²) in [7, 11) is 0. The molecule has 1 saturated heterocycles. The topological polar surface area (TPSA) is 63.7 Å². The molecule has 5 nitrogen and oxygen atoms in total. The van der Waals surface area contributed by atoms with Gasteiger partial charge in [-0.05, 0) is 13.8 Å². The Bertz CT molecular complexity index is 326. The second kappa shape index (κ2) is 4.63. The van der Waals surface area contributed by atoms with Gasteiger partial charge in [-0.1, -0.05) is 0 Å². The van der Waals surface area contributed by atoms with Gasteiger partial charge < -0.3 is 9.64 Å². The maximum Gasteiger partial charge on any atom is 0.321 e. The monoisotopic (exact) mass is 227 g/mol. The van der Waals surface area contributed by atoms with Crippen molar-refractivity contribution < 1.29 is 19.1 Å². The maximum atomic E-state index is 11.8. The zero-order valence-electron chi connectivity index (χ0n) is 9.91. The molecule has 0 aromatic carbocycles. The smallest absolute Gasteiger partial charge is 0.321 e. The lowest BCUT2D eigenvalue weighted by Crippen LogP contribution is -2.53. The molecule has 1 amide bonds. The van der Waals surface area contributed by atoms with Crippen LogP contribution in [-0.4, -0.2) is 42.3 Å². The van der Waals surface area contributed by atoms with E-state index in [1.807, 2.05) is 0 Å². The first-order valence-electron chi connectivity index (χ1n) is 5.38. The van der Waals surface area contributed by atoms with Crippen molar-refractivity contribution >= 4 is 17.7 Å². The van der Waals surface area contributed by atoms with Gasteiger partial charge in [0.1, 0.15) is 5.41 Å². The van der Waals surface area contributed by atoms with Gasteiger partial charge in [0.15, 0.2) is 5.78 Å². The Kier molecular flexibility index (Phi) is 3.67. The van der Waals surface area contributed by atoms with Crippen molar-refractivity contribution in [3.05, 3.63) is 0 Å². The molecule has 5 heteroatoms. The Hall–Kier alpha value is -1.39. The summed E-state index contributed by atoms with van der Waals surface area (Å²) >= 11 is 0. The molecular weight excluding hydrogens is 210 g/mol. The number of carbonyl (C=O) groups excluding carboxylic acids is 3. The number of hydrogen-bond acceptors (Lipinski definition) is 4. The molecule has 0 bridgehead atoms. The van der Waals surface area contributed by atoms with Crippen LogP contribution in [0.1, 0.15) is 27.2 Å². The van der Waals surface area contributed by atoms with Crippen LogP contribution in [0.2, 0.25) is 0 Å². The maximum absolute atomic E-state index is 11.8. The molecule has 1 aliphatic heterocycles. The van der Waals surface area contributed by atoms with Crippen molar-refractivity contribution in [2.45, 2.75) is 27.2 Å². The Balaban J connectivity index is 2.86. The predicted octanol–water partition coefficient (Wildman–Crippen LogP) is 0.377. The van der Waals surface area contributed by atoms with E-state index < -0.39 is 11.4 Å². The molecule has 1 unspecified atom stereocenters. The van der Waals surface area contributed by atoms with E-state index in [9.17, 15) is 14.4 Å². The number of ether oxygens (including phenoxy) is 1. The SMILES string of the molecule is CCOC(=O)C1(C)CN(C(C)=O)CCC1=O. The highest BCUT2D eigenvalue weighted by Gasteiger charge is 2.46. The lowest BCUT2D eigenvalue weighted by atomic mass is 9.80. The molecule has 0 saturated carbocycles. The van der Waals surface area contributed by atoms with Crippen LogP contribution in [0.25, 0.3) is 0 Å². The summed E-state index contributed by atoms with van der Waals surface area (Å²) in [6.07, 6.45) is 0.217. The molecular formula is C11H17NO4. The molecule has 0 aliphatic carbocycles. The number of nitrogens with zero attached hydrogens (tertiary/aromatic N) is 1. The predicted molar refractivity (Wildman–Crippen MR) is 56.6 cm³/mol.